The van der Waals surface area contributed by atoms with Crippen LogP contribution in [-0.4, -0.2) is 31.1 Å². The zero-order valence-electron chi connectivity index (χ0n) is 13.2. The van der Waals surface area contributed by atoms with Gasteiger partial charge in [0.1, 0.15) is 11.8 Å². The molecule has 0 atom stereocenters. The maximum Gasteiger partial charge on any atom is 0.127 e. The summed E-state index contributed by atoms with van der Waals surface area (Å²) in [6.45, 7) is 4.59. The molecule has 0 saturated carbocycles. The van der Waals surface area contributed by atoms with E-state index in [1.165, 1.54) is 5.56 Å². The summed E-state index contributed by atoms with van der Waals surface area (Å²) in [5.41, 5.74) is 2.77. The Kier molecular flexibility index (Phi) is 5.24. The molecule has 3 rings (SSSR count). The summed E-state index contributed by atoms with van der Waals surface area (Å²) in [4.78, 5) is 15.5. The van der Waals surface area contributed by atoms with E-state index in [0.717, 1.165) is 42.9 Å². The number of nitriles is 1. The molecule has 0 aliphatic carbocycles. The second-order valence-electron chi connectivity index (χ2n) is 5.76. The van der Waals surface area contributed by atoms with E-state index >= 15 is 0 Å². The fourth-order valence-corrected chi connectivity index (χ4v) is 3.33. The third-order valence-corrected chi connectivity index (χ3v) is 5.06. The molecule has 24 heavy (non-hydrogen) atoms. The van der Waals surface area contributed by atoms with Gasteiger partial charge >= 0.3 is 0 Å². The molecule has 0 N–H and O–H groups in total. The number of halogens is 1. The van der Waals surface area contributed by atoms with Crippen LogP contribution in [0.3, 0.4) is 0 Å². The van der Waals surface area contributed by atoms with Crippen LogP contribution >= 0.6 is 15.9 Å². The summed E-state index contributed by atoms with van der Waals surface area (Å²) >= 11 is 3.60. The number of hydrogen-bond acceptors (Lipinski definition) is 5. The van der Waals surface area contributed by atoms with Crippen molar-refractivity contribution >= 4 is 27.3 Å². The average molecular weight is 385 g/mol. The molecule has 1 fully saturated rings. The Balaban J connectivity index is 1.64. The normalized spacial score (nSPS) is 15.1. The van der Waals surface area contributed by atoms with Crippen LogP contribution in [-0.2, 0) is 6.54 Å². The molecule has 0 aromatic heterocycles. The molecule has 0 unspecified atom stereocenters. The summed E-state index contributed by atoms with van der Waals surface area (Å²) in [5.74, 6) is 0. The number of hydrogen-bond donors (Lipinski definition) is 0. The van der Waals surface area contributed by atoms with Crippen LogP contribution in [0.25, 0.3) is 0 Å². The molecular formula is C18H17BrN4O. The van der Waals surface area contributed by atoms with E-state index in [1.54, 1.807) is 12.1 Å². The predicted molar refractivity (Wildman–Crippen MR) is 98.2 cm³/mol. The minimum Gasteiger partial charge on any atom is -0.369 e. The topological polar surface area (TPSA) is 59.7 Å². The first kappa shape index (κ1) is 16.6. The number of nitrogens with zero attached hydrogens (tertiary/aromatic N) is 4. The molecule has 0 bridgehead atoms. The second-order valence-corrected chi connectivity index (χ2v) is 6.61. The van der Waals surface area contributed by atoms with Gasteiger partial charge in [0.05, 0.1) is 5.56 Å². The van der Waals surface area contributed by atoms with Crippen LogP contribution in [0, 0.1) is 16.2 Å². The SMILES string of the molecule is N#Cc1ccc(N2CCN(Cc3ccccc3Br)CC2)cc1N=O. The third kappa shape index (κ3) is 3.64. The molecule has 2 aromatic carbocycles. The van der Waals surface area contributed by atoms with Gasteiger partial charge in [0.25, 0.3) is 0 Å². The van der Waals surface area contributed by atoms with Crippen molar-refractivity contribution in [3.8, 4) is 6.07 Å². The standard InChI is InChI=1S/C18H17BrN4O/c19-17-4-2-1-3-15(17)13-22-7-9-23(10-8-22)16-6-5-14(12-20)18(11-16)21-24/h1-6,11H,7-10,13H2. The van der Waals surface area contributed by atoms with Crippen molar-refractivity contribution in [1.29, 1.82) is 5.26 Å². The van der Waals surface area contributed by atoms with Crippen molar-refractivity contribution in [2.75, 3.05) is 31.1 Å². The Morgan fingerprint density at radius 2 is 1.88 bits per heavy atom. The molecule has 0 spiro atoms. The highest BCUT2D eigenvalue weighted by Gasteiger charge is 2.19. The molecule has 6 heteroatoms. The molecule has 1 aliphatic heterocycles. The van der Waals surface area contributed by atoms with Crippen LogP contribution in [0.15, 0.2) is 52.1 Å². The summed E-state index contributed by atoms with van der Waals surface area (Å²) < 4.78 is 1.14. The van der Waals surface area contributed by atoms with Gasteiger partial charge in [0.2, 0.25) is 0 Å². The molecule has 0 radical (unpaired) electrons. The molecule has 5 nitrogen and oxygen atoms in total. The van der Waals surface area contributed by atoms with Gasteiger partial charge in [-0.25, -0.2) is 0 Å². The Hall–Kier alpha value is -2.23. The first-order valence-corrected chi connectivity index (χ1v) is 8.59. The van der Waals surface area contributed by atoms with Gasteiger partial charge in [-0.1, -0.05) is 34.1 Å². The molecule has 1 heterocycles. The Bertz CT molecular complexity index is 779. The van der Waals surface area contributed by atoms with E-state index in [2.05, 4.69) is 49.1 Å². The largest absolute Gasteiger partial charge is 0.369 e. The number of anilines is 1. The third-order valence-electron chi connectivity index (χ3n) is 4.29. The summed E-state index contributed by atoms with van der Waals surface area (Å²) in [5, 5.41) is 11.9. The van der Waals surface area contributed by atoms with E-state index in [9.17, 15) is 4.91 Å². The lowest BCUT2D eigenvalue weighted by Crippen LogP contribution is -2.46. The van der Waals surface area contributed by atoms with Gasteiger partial charge in [0.15, 0.2) is 0 Å². The van der Waals surface area contributed by atoms with E-state index in [0.29, 0.717) is 5.56 Å². The summed E-state index contributed by atoms with van der Waals surface area (Å²) in [7, 11) is 0. The molecular weight excluding hydrogens is 368 g/mol. The van der Waals surface area contributed by atoms with Crippen LogP contribution in [0.5, 0.6) is 0 Å². The fourth-order valence-electron chi connectivity index (χ4n) is 2.92. The van der Waals surface area contributed by atoms with Crippen molar-refractivity contribution in [3.05, 3.63) is 63.0 Å². The predicted octanol–water partition coefficient (Wildman–Crippen LogP) is 4.04. The second kappa shape index (κ2) is 7.56. The van der Waals surface area contributed by atoms with Gasteiger partial charge in [-0.05, 0) is 35.0 Å². The number of nitroso groups, excluding NO2 is 1. The maximum atomic E-state index is 10.9. The van der Waals surface area contributed by atoms with Crippen molar-refractivity contribution in [1.82, 2.24) is 4.90 Å². The van der Waals surface area contributed by atoms with Gasteiger partial charge < -0.3 is 4.90 Å². The quantitative estimate of drug-likeness (QED) is 0.746. The minimum atomic E-state index is 0.214. The van der Waals surface area contributed by atoms with Crippen LogP contribution in [0.4, 0.5) is 11.4 Å². The molecule has 1 aliphatic rings. The van der Waals surface area contributed by atoms with E-state index < -0.39 is 0 Å². The minimum absolute atomic E-state index is 0.214. The van der Waals surface area contributed by atoms with Gasteiger partial charge in [-0.15, -0.1) is 4.91 Å². The number of benzene rings is 2. The van der Waals surface area contributed by atoms with Crippen molar-refractivity contribution in [3.63, 3.8) is 0 Å². The van der Waals surface area contributed by atoms with E-state index in [4.69, 9.17) is 5.26 Å². The van der Waals surface area contributed by atoms with Crippen LogP contribution in [0.2, 0.25) is 0 Å². The molecule has 0 amide bonds. The highest BCUT2D eigenvalue weighted by molar-refractivity contribution is 9.10. The maximum absolute atomic E-state index is 10.9. The van der Waals surface area contributed by atoms with Crippen molar-refractivity contribution < 1.29 is 0 Å². The van der Waals surface area contributed by atoms with Crippen LogP contribution in [0.1, 0.15) is 11.1 Å². The van der Waals surface area contributed by atoms with Crippen molar-refractivity contribution in [2.24, 2.45) is 5.18 Å². The fraction of sp³-hybridized carbons (Fsp3) is 0.278. The lowest BCUT2D eigenvalue weighted by molar-refractivity contribution is 0.249. The Morgan fingerprint density at radius 3 is 2.54 bits per heavy atom. The molecule has 2 aromatic rings. The Morgan fingerprint density at radius 1 is 1.12 bits per heavy atom. The van der Waals surface area contributed by atoms with Gasteiger partial charge in [-0.3, -0.25) is 4.90 Å². The zero-order valence-corrected chi connectivity index (χ0v) is 14.7. The van der Waals surface area contributed by atoms with Gasteiger partial charge in [0, 0.05) is 42.9 Å². The lowest BCUT2D eigenvalue weighted by Gasteiger charge is -2.36. The lowest BCUT2D eigenvalue weighted by atomic mass is 10.1. The smallest absolute Gasteiger partial charge is 0.127 e. The average Bonchev–Trinajstić information content (AvgIpc) is 2.63. The highest BCUT2D eigenvalue weighted by atomic mass is 79.9. The molecule has 1 saturated heterocycles. The highest BCUT2D eigenvalue weighted by Crippen LogP contribution is 2.27. The number of piperazine rings is 1. The van der Waals surface area contributed by atoms with E-state index in [1.807, 2.05) is 18.2 Å². The van der Waals surface area contributed by atoms with Gasteiger partial charge in [-0.2, -0.15) is 5.26 Å². The zero-order chi connectivity index (χ0) is 16.9. The van der Waals surface area contributed by atoms with E-state index in [-0.39, 0.29) is 5.69 Å². The van der Waals surface area contributed by atoms with Crippen LogP contribution < -0.4 is 4.90 Å². The first-order valence-electron chi connectivity index (χ1n) is 7.79. The molecule has 122 valence electrons. The first-order chi connectivity index (χ1) is 11.7. The Labute approximate surface area is 149 Å². The van der Waals surface area contributed by atoms with Crippen molar-refractivity contribution in [2.45, 2.75) is 6.54 Å². The summed E-state index contributed by atoms with van der Waals surface area (Å²) in [6, 6.07) is 15.5. The monoisotopic (exact) mass is 384 g/mol. The summed E-state index contributed by atoms with van der Waals surface area (Å²) in [6.07, 6.45) is 0. The number of rotatable bonds is 4.